The van der Waals surface area contributed by atoms with Gasteiger partial charge in [-0.05, 0) is 12.1 Å². The highest BCUT2D eigenvalue weighted by atomic mass is 19.4. The van der Waals surface area contributed by atoms with Crippen LogP contribution in [0.4, 0.5) is 24.5 Å². The number of rotatable bonds is 3. The lowest BCUT2D eigenvalue weighted by Gasteiger charge is -2.31. The highest BCUT2D eigenvalue weighted by molar-refractivity contribution is 6.09. The van der Waals surface area contributed by atoms with Crippen molar-refractivity contribution < 1.29 is 27.4 Å². The first-order valence-corrected chi connectivity index (χ1v) is 9.73. The van der Waals surface area contributed by atoms with Gasteiger partial charge in [-0.2, -0.15) is 18.3 Å². The van der Waals surface area contributed by atoms with Crippen LogP contribution in [-0.2, 0) is 11.2 Å². The SMILES string of the molecule is O=C(Nc1cc2c(cc1N1CCOCC1)OC(C(F)(F)F)C2)c1cnn2cccnc12. The summed E-state index contributed by atoms with van der Waals surface area (Å²) in [5, 5.41) is 6.94. The van der Waals surface area contributed by atoms with Crippen LogP contribution in [0.25, 0.3) is 5.65 Å². The predicted molar refractivity (Wildman–Crippen MR) is 105 cm³/mol. The van der Waals surface area contributed by atoms with E-state index in [1.807, 2.05) is 4.90 Å². The third-order valence-corrected chi connectivity index (χ3v) is 5.34. The molecule has 0 aliphatic carbocycles. The number of aromatic nitrogens is 3. The average molecular weight is 433 g/mol. The molecule has 1 amide bonds. The summed E-state index contributed by atoms with van der Waals surface area (Å²) >= 11 is 0. The van der Waals surface area contributed by atoms with Crippen molar-refractivity contribution in [3.8, 4) is 5.75 Å². The van der Waals surface area contributed by atoms with E-state index in [1.54, 1.807) is 30.6 Å². The largest absolute Gasteiger partial charge is 0.480 e. The molecule has 8 nitrogen and oxygen atoms in total. The molecule has 0 bridgehead atoms. The maximum atomic E-state index is 13.2. The van der Waals surface area contributed by atoms with E-state index in [0.717, 1.165) is 0 Å². The van der Waals surface area contributed by atoms with E-state index in [1.165, 1.54) is 10.7 Å². The number of carbonyl (C=O) groups excluding carboxylic acids is 1. The molecular formula is C20H18F3N5O3. The number of hydrogen-bond donors (Lipinski definition) is 1. The van der Waals surface area contributed by atoms with Crippen molar-refractivity contribution in [2.24, 2.45) is 0 Å². The molecular weight excluding hydrogens is 415 g/mol. The van der Waals surface area contributed by atoms with Gasteiger partial charge in [0.1, 0.15) is 11.3 Å². The number of benzene rings is 1. The molecule has 1 fully saturated rings. The van der Waals surface area contributed by atoms with Gasteiger partial charge >= 0.3 is 6.18 Å². The highest BCUT2D eigenvalue weighted by Crippen LogP contribution is 2.42. The van der Waals surface area contributed by atoms with Gasteiger partial charge < -0.3 is 19.7 Å². The van der Waals surface area contributed by atoms with Gasteiger partial charge in [0.05, 0.1) is 30.8 Å². The van der Waals surface area contributed by atoms with Crippen molar-refractivity contribution in [1.82, 2.24) is 14.6 Å². The summed E-state index contributed by atoms with van der Waals surface area (Å²) in [6, 6.07) is 4.81. The molecule has 2 aliphatic rings. The summed E-state index contributed by atoms with van der Waals surface area (Å²) in [5.74, 6) is -0.270. The lowest BCUT2D eigenvalue weighted by Crippen LogP contribution is -2.36. The van der Waals surface area contributed by atoms with Crippen LogP contribution in [-0.4, -0.2) is 59.1 Å². The number of alkyl halides is 3. The van der Waals surface area contributed by atoms with E-state index in [9.17, 15) is 18.0 Å². The standard InChI is InChI=1S/C20H18F3N5O3/c21-20(22,23)17-9-12-8-14(15(10-16(12)31-17)27-4-6-30-7-5-27)26-19(29)13-11-25-28-3-1-2-24-18(13)28/h1-3,8,10-11,17H,4-7,9H2,(H,26,29). The molecule has 1 saturated heterocycles. The van der Waals surface area contributed by atoms with Gasteiger partial charge in [-0.15, -0.1) is 0 Å². The first-order chi connectivity index (χ1) is 14.9. The van der Waals surface area contributed by atoms with Gasteiger partial charge in [0.25, 0.3) is 5.91 Å². The summed E-state index contributed by atoms with van der Waals surface area (Å²) in [6.45, 7) is 2.05. The number of ether oxygens (including phenoxy) is 2. The Morgan fingerprint density at radius 1 is 1.23 bits per heavy atom. The first kappa shape index (κ1) is 19.6. The molecule has 3 aromatic rings. The topological polar surface area (TPSA) is 81.0 Å². The van der Waals surface area contributed by atoms with Gasteiger partial charge in [0.15, 0.2) is 11.8 Å². The summed E-state index contributed by atoms with van der Waals surface area (Å²) in [5.41, 5.74) is 2.04. The first-order valence-electron chi connectivity index (χ1n) is 9.73. The summed E-state index contributed by atoms with van der Waals surface area (Å²) in [6.07, 6.45) is -2.04. The van der Waals surface area contributed by atoms with E-state index in [0.29, 0.717) is 48.9 Å². The maximum absolute atomic E-state index is 13.2. The Bertz CT molecular complexity index is 1140. The fourth-order valence-electron chi connectivity index (χ4n) is 3.80. The Morgan fingerprint density at radius 2 is 2.03 bits per heavy atom. The van der Waals surface area contributed by atoms with E-state index in [4.69, 9.17) is 9.47 Å². The zero-order valence-corrected chi connectivity index (χ0v) is 16.2. The third kappa shape index (κ3) is 3.65. The van der Waals surface area contributed by atoms with Crippen molar-refractivity contribution in [2.45, 2.75) is 18.7 Å². The van der Waals surface area contributed by atoms with Crippen molar-refractivity contribution in [2.75, 3.05) is 36.5 Å². The van der Waals surface area contributed by atoms with Gasteiger partial charge in [0, 0.05) is 43.5 Å². The highest BCUT2D eigenvalue weighted by Gasteiger charge is 2.45. The van der Waals surface area contributed by atoms with Crippen molar-refractivity contribution >= 4 is 22.9 Å². The molecule has 0 spiro atoms. The molecule has 0 saturated carbocycles. The van der Waals surface area contributed by atoms with E-state index in [2.05, 4.69) is 15.4 Å². The van der Waals surface area contributed by atoms with Crippen LogP contribution < -0.4 is 15.0 Å². The van der Waals surface area contributed by atoms with Crippen molar-refractivity contribution in [1.29, 1.82) is 0 Å². The Labute approximate surface area is 174 Å². The Balaban J connectivity index is 1.50. The van der Waals surface area contributed by atoms with Gasteiger partial charge in [-0.25, -0.2) is 9.50 Å². The molecule has 4 heterocycles. The van der Waals surface area contributed by atoms with E-state index >= 15 is 0 Å². The smallest absolute Gasteiger partial charge is 0.425 e. The number of fused-ring (bicyclic) bond motifs is 2. The Morgan fingerprint density at radius 3 is 2.81 bits per heavy atom. The quantitative estimate of drug-likeness (QED) is 0.684. The van der Waals surface area contributed by atoms with Crippen LogP contribution in [0.1, 0.15) is 15.9 Å². The number of carbonyl (C=O) groups is 1. The zero-order chi connectivity index (χ0) is 21.6. The lowest BCUT2D eigenvalue weighted by molar-refractivity contribution is -0.189. The lowest BCUT2D eigenvalue weighted by atomic mass is 10.1. The number of amides is 1. The number of halogens is 3. The van der Waals surface area contributed by atoms with Crippen LogP contribution in [0.2, 0.25) is 0 Å². The molecule has 1 atom stereocenters. The minimum Gasteiger partial charge on any atom is -0.480 e. The maximum Gasteiger partial charge on any atom is 0.425 e. The minimum absolute atomic E-state index is 0.180. The molecule has 1 N–H and O–H groups in total. The molecule has 5 rings (SSSR count). The van der Waals surface area contributed by atoms with Crippen LogP contribution in [0, 0.1) is 0 Å². The second-order valence-corrected chi connectivity index (χ2v) is 7.33. The summed E-state index contributed by atoms with van der Waals surface area (Å²) < 4.78 is 51.6. The van der Waals surface area contributed by atoms with Crippen LogP contribution in [0.3, 0.4) is 0 Å². The minimum atomic E-state index is -4.47. The number of nitrogens with zero attached hydrogens (tertiary/aromatic N) is 4. The third-order valence-electron chi connectivity index (χ3n) is 5.34. The van der Waals surface area contributed by atoms with Crippen molar-refractivity contribution in [3.05, 3.63) is 47.9 Å². The zero-order valence-electron chi connectivity index (χ0n) is 16.2. The number of nitrogens with one attached hydrogen (secondary N) is 1. The number of morpholine rings is 1. The Hall–Kier alpha value is -3.34. The van der Waals surface area contributed by atoms with Crippen molar-refractivity contribution in [3.63, 3.8) is 0 Å². The fourth-order valence-corrected chi connectivity index (χ4v) is 3.80. The monoisotopic (exact) mass is 433 g/mol. The molecule has 162 valence electrons. The molecule has 11 heteroatoms. The fraction of sp³-hybridized carbons (Fsp3) is 0.350. The normalized spacial score (nSPS) is 18.7. The number of hydrogen-bond acceptors (Lipinski definition) is 6. The number of anilines is 2. The molecule has 1 unspecified atom stereocenters. The average Bonchev–Trinajstić information content (AvgIpc) is 3.37. The van der Waals surface area contributed by atoms with Gasteiger partial charge in [-0.3, -0.25) is 4.79 Å². The molecule has 0 radical (unpaired) electrons. The molecule has 1 aromatic carbocycles. The second kappa shape index (κ2) is 7.41. The van der Waals surface area contributed by atoms with Gasteiger partial charge in [-0.1, -0.05) is 0 Å². The summed E-state index contributed by atoms with van der Waals surface area (Å²) in [4.78, 5) is 19.1. The second-order valence-electron chi connectivity index (χ2n) is 7.33. The Kier molecular flexibility index (Phi) is 4.69. The van der Waals surface area contributed by atoms with Crippen LogP contribution in [0.15, 0.2) is 36.8 Å². The van der Waals surface area contributed by atoms with E-state index < -0.39 is 18.2 Å². The molecule has 2 aliphatic heterocycles. The predicted octanol–water partition coefficient (Wildman–Crippen LogP) is 2.68. The van der Waals surface area contributed by atoms with E-state index in [-0.39, 0.29) is 17.7 Å². The summed E-state index contributed by atoms with van der Waals surface area (Å²) in [7, 11) is 0. The van der Waals surface area contributed by atoms with Crippen LogP contribution in [0.5, 0.6) is 5.75 Å². The molecule has 2 aromatic heterocycles. The molecule has 31 heavy (non-hydrogen) atoms. The van der Waals surface area contributed by atoms with Gasteiger partial charge in [0.2, 0.25) is 0 Å². The van der Waals surface area contributed by atoms with Crippen LogP contribution >= 0.6 is 0 Å².